The van der Waals surface area contributed by atoms with Crippen LogP contribution in [0.25, 0.3) is 0 Å². The van der Waals surface area contributed by atoms with E-state index in [1.807, 2.05) is 6.92 Å². The highest BCUT2D eigenvalue weighted by Crippen LogP contribution is 2.29. The summed E-state index contributed by atoms with van der Waals surface area (Å²) in [6.07, 6.45) is -2.55. The van der Waals surface area contributed by atoms with E-state index in [0.717, 1.165) is 37.5 Å². The van der Waals surface area contributed by atoms with Gasteiger partial charge in [-0.3, -0.25) is 0 Å². The monoisotopic (exact) mass is 776 g/mol. The topological polar surface area (TPSA) is 0 Å². The maximum Gasteiger partial charge on any atom is 0.416 e. The molecule has 4 rings (SSSR count). The van der Waals surface area contributed by atoms with Gasteiger partial charge in [-0.25, -0.2) is 65.9 Å². The summed E-state index contributed by atoms with van der Waals surface area (Å²) in [5.74, 6) is -28.3. The zero-order valence-electron chi connectivity index (χ0n) is 27.1. The van der Waals surface area contributed by atoms with Crippen molar-refractivity contribution in [3.63, 3.8) is 0 Å². The average Bonchev–Trinajstić information content (AvgIpc) is 3.12. The van der Waals surface area contributed by atoms with Crippen LogP contribution >= 0.6 is 0 Å². The van der Waals surface area contributed by atoms with Crippen molar-refractivity contribution in [1.82, 2.24) is 0 Å². The van der Waals surface area contributed by atoms with Gasteiger partial charge >= 0.3 is 6.18 Å². The molecule has 0 amide bonds. The molecule has 288 valence electrons. The molecule has 0 saturated carbocycles. The first-order chi connectivity index (χ1) is 24.0. The lowest BCUT2D eigenvalue weighted by atomic mass is 10.1. The number of benzene rings is 4. The van der Waals surface area contributed by atoms with Crippen molar-refractivity contribution in [2.75, 3.05) is 0 Å². The molecule has 0 aromatic heterocycles. The van der Waals surface area contributed by atoms with Crippen molar-refractivity contribution in [2.45, 2.75) is 66.0 Å². The van der Waals surface area contributed by atoms with Crippen molar-refractivity contribution < 1.29 is 79.0 Å². The van der Waals surface area contributed by atoms with Crippen LogP contribution in [0.3, 0.4) is 0 Å². The zero-order chi connectivity index (χ0) is 40.4. The molecule has 0 nitrogen and oxygen atoms in total. The van der Waals surface area contributed by atoms with Gasteiger partial charge in [0.15, 0.2) is 69.8 Å². The second-order valence-electron chi connectivity index (χ2n) is 10.3. The van der Waals surface area contributed by atoms with Gasteiger partial charge in [-0.2, -0.15) is 13.2 Å². The van der Waals surface area contributed by atoms with Gasteiger partial charge in [0.2, 0.25) is 17.5 Å². The minimum atomic E-state index is -4.22. The summed E-state index contributed by atoms with van der Waals surface area (Å²) in [6.45, 7) is 5.70. The molecular weight excluding hydrogens is 750 g/mol. The quantitative estimate of drug-likeness (QED) is 0.108. The Hall–Kier alpha value is -4.38. The van der Waals surface area contributed by atoms with Crippen molar-refractivity contribution in [3.05, 3.63) is 139 Å². The molecule has 0 aliphatic carbocycles. The molecular formula is C34H26F18. The van der Waals surface area contributed by atoms with E-state index in [2.05, 4.69) is 0 Å². The molecule has 0 unspecified atom stereocenters. The molecule has 0 heterocycles. The van der Waals surface area contributed by atoms with E-state index in [4.69, 9.17) is 0 Å². The van der Waals surface area contributed by atoms with E-state index in [9.17, 15) is 79.0 Å². The smallest absolute Gasteiger partial charge is 0.203 e. The summed E-state index contributed by atoms with van der Waals surface area (Å²) in [5.41, 5.74) is -2.02. The molecule has 0 aliphatic heterocycles. The fourth-order valence-corrected chi connectivity index (χ4v) is 3.94. The van der Waals surface area contributed by atoms with E-state index >= 15 is 0 Å². The third-order valence-corrected chi connectivity index (χ3v) is 6.70. The van der Waals surface area contributed by atoms with Gasteiger partial charge in [0, 0.05) is 16.7 Å². The van der Waals surface area contributed by atoms with Gasteiger partial charge in [-0.1, -0.05) is 45.7 Å². The first kappa shape index (κ1) is 45.6. The van der Waals surface area contributed by atoms with E-state index in [1.54, 1.807) is 6.92 Å². The Morgan fingerprint density at radius 1 is 0.385 bits per heavy atom. The van der Waals surface area contributed by atoms with Crippen LogP contribution in [0.5, 0.6) is 0 Å². The molecule has 0 spiro atoms. The molecule has 0 N–H and O–H groups in total. The Morgan fingerprint density at radius 3 is 0.962 bits per heavy atom. The lowest BCUT2D eigenvalue weighted by Gasteiger charge is -2.06. The van der Waals surface area contributed by atoms with E-state index in [-0.39, 0.29) is 12.8 Å². The molecule has 0 radical (unpaired) electrons. The fourth-order valence-electron chi connectivity index (χ4n) is 3.94. The Labute approximate surface area is 284 Å². The first-order valence-corrected chi connectivity index (χ1v) is 14.7. The van der Waals surface area contributed by atoms with Crippen LogP contribution in [-0.4, -0.2) is 0 Å². The van der Waals surface area contributed by atoms with E-state index in [0.29, 0.717) is 6.42 Å². The number of hydrogen-bond acceptors (Lipinski definition) is 0. The summed E-state index contributed by atoms with van der Waals surface area (Å²) < 4.78 is 224. The zero-order valence-corrected chi connectivity index (χ0v) is 27.1. The Morgan fingerprint density at radius 2 is 0.673 bits per heavy atom. The van der Waals surface area contributed by atoms with E-state index < -0.39 is 116 Å². The van der Waals surface area contributed by atoms with E-state index in [1.165, 1.54) is 19.1 Å². The Kier molecular flexibility index (Phi) is 17.1. The largest absolute Gasteiger partial charge is 0.416 e. The minimum Gasteiger partial charge on any atom is -0.203 e. The number of hydrogen-bond donors (Lipinski definition) is 0. The third-order valence-electron chi connectivity index (χ3n) is 6.70. The van der Waals surface area contributed by atoms with Gasteiger partial charge in [-0.05, 0) is 43.9 Å². The molecule has 0 fully saturated rings. The van der Waals surface area contributed by atoms with Crippen LogP contribution < -0.4 is 0 Å². The fraction of sp³-hybridized carbons (Fsp3) is 0.294. The van der Waals surface area contributed by atoms with Crippen LogP contribution in [0.2, 0.25) is 0 Å². The second-order valence-corrected chi connectivity index (χ2v) is 10.3. The summed E-state index contributed by atoms with van der Waals surface area (Å²) in [4.78, 5) is 0. The molecule has 0 saturated heterocycles. The minimum absolute atomic E-state index is 0.175. The Bertz CT molecular complexity index is 1670. The third kappa shape index (κ3) is 10.8. The van der Waals surface area contributed by atoms with Gasteiger partial charge in [0.1, 0.15) is 0 Å². The summed E-state index contributed by atoms with van der Waals surface area (Å²) >= 11 is 0. The highest BCUT2D eigenvalue weighted by atomic mass is 19.4. The SMILES string of the molecule is CCCc1c(F)c(F)c(F)c(F)c1F.CCCc1ccc(C(F)(F)F)cc1.CCc1c(F)c(F)c(F)c(F)c1F.Cc1c(F)c(F)c(F)c(F)c1F. The molecule has 4 aromatic carbocycles. The first-order valence-electron chi connectivity index (χ1n) is 14.7. The van der Waals surface area contributed by atoms with Crippen LogP contribution in [-0.2, 0) is 25.4 Å². The van der Waals surface area contributed by atoms with Gasteiger partial charge in [0.05, 0.1) is 5.56 Å². The molecule has 4 aromatic rings. The van der Waals surface area contributed by atoms with Crippen molar-refractivity contribution >= 4 is 0 Å². The molecule has 52 heavy (non-hydrogen) atoms. The number of rotatable bonds is 5. The maximum absolute atomic E-state index is 12.9. The highest BCUT2D eigenvalue weighted by molar-refractivity contribution is 5.26. The van der Waals surface area contributed by atoms with Crippen LogP contribution in [0.15, 0.2) is 24.3 Å². The average molecular weight is 777 g/mol. The second kappa shape index (κ2) is 19.5. The highest BCUT2D eigenvalue weighted by Gasteiger charge is 2.30. The normalized spacial score (nSPS) is 10.9. The molecule has 0 atom stereocenters. The standard InChI is InChI=1S/C10H11F3.C9H7F5.C8H5F5.C7H3F5/c1-2-3-8-4-6-9(7-5-8)10(11,12)13;1-2-3-4-5(10)7(12)9(14)8(13)6(4)11;1-2-3-4(9)6(11)8(13)7(12)5(3)10;1-2-3(8)5(10)7(12)6(11)4(2)9/h4-7H,2-3H2,1H3;2-3H2,1H3;2H2,1H3;1H3. The van der Waals surface area contributed by atoms with Crippen molar-refractivity contribution in [2.24, 2.45) is 0 Å². The van der Waals surface area contributed by atoms with Gasteiger partial charge in [0.25, 0.3) is 0 Å². The lowest BCUT2D eigenvalue weighted by Crippen LogP contribution is -2.06. The summed E-state index contributed by atoms with van der Waals surface area (Å²) in [7, 11) is 0. The van der Waals surface area contributed by atoms with Crippen LogP contribution in [0.1, 0.15) is 61.4 Å². The van der Waals surface area contributed by atoms with Crippen LogP contribution in [0.4, 0.5) is 79.0 Å². The summed E-state index contributed by atoms with van der Waals surface area (Å²) in [6, 6.07) is 5.33. The molecule has 0 aliphatic rings. The predicted molar refractivity (Wildman–Crippen MR) is 152 cm³/mol. The number of aryl methyl sites for hydroxylation is 1. The van der Waals surface area contributed by atoms with Crippen molar-refractivity contribution in [1.29, 1.82) is 0 Å². The predicted octanol–water partition coefficient (Wildman–Crippen LogP) is 12.6. The number of halogens is 18. The number of alkyl halides is 3. The van der Waals surface area contributed by atoms with Crippen molar-refractivity contribution in [3.8, 4) is 0 Å². The molecule has 0 bridgehead atoms. The Balaban J connectivity index is 0.000000347. The van der Waals surface area contributed by atoms with Crippen LogP contribution in [0, 0.1) is 94.2 Å². The van der Waals surface area contributed by atoms with Gasteiger partial charge < -0.3 is 0 Å². The maximum atomic E-state index is 12.9. The van der Waals surface area contributed by atoms with Gasteiger partial charge in [-0.15, -0.1) is 0 Å². The lowest BCUT2D eigenvalue weighted by molar-refractivity contribution is -0.137. The summed E-state index contributed by atoms with van der Waals surface area (Å²) in [5, 5.41) is 0. The molecule has 18 heteroatoms.